The van der Waals surface area contributed by atoms with Gasteiger partial charge >= 0.3 is 6.09 Å². The lowest BCUT2D eigenvalue weighted by molar-refractivity contribution is -0.137. The van der Waals surface area contributed by atoms with Crippen LogP contribution in [0.5, 0.6) is 11.5 Å². The lowest BCUT2D eigenvalue weighted by Crippen LogP contribution is -2.42. The summed E-state index contributed by atoms with van der Waals surface area (Å²) in [6.45, 7) is 3.21. The third kappa shape index (κ3) is 6.08. The molecule has 1 unspecified atom stereocenters. The summed E-state index contributed by atoms with van der Waals surface area (Å²) in [6, 6.07) is 6.84. The molecule has 0 aliphatic carbocycles. The summed E-state index contributed by atoms with van der Waals surface area (Å²) in [5, 5.41) is 23.6. The molecule has 1 aromatic carbocycles. The molecular weight excluding hydrogens is 546 g/mol. The Bertz CT molecular complexity index is 1490. The van der Waals surface area contributed by atoms with Crippen LogP contribution in [-0.2, 0) is 9.53 Å². The number of nitrogen functional groups attached to an aromatic ring is 1. The highest BCUT2D eigenvalue weighted by atomic mass is 16.6. The van der Waals surface area contributed by atoms with Crippen LogP contribution in [0.3, 0.4) is 0 Å². The highest BCUT2D eigenvalue weighted by molar-refractivity contribution is 5.83. The maximum atomic E-state index is 12.5. The third-order valence-electron chi connectivity index (χ3n) is 7.30. The monoisotopic (exact) mass is 579 g/mol. The molecule has 14 nitrogen and oxygen atoms in total. The Kier molecular flexibility index (Phi) is 8.72. The van der Waals surface area contributed by atoms with Gasteiger partial charge in [-0.15, -0.1) is 0 Å². The van der Waals surface area contributed by atoms with Gasteiger partial charge in [0.15, 0.2) is 23.8 Å². The van der Waals surface area contributed by atoms with Crippen molar-refractivity contribution in [2.24, 2.45) is 5.92 Å². The molecular formula is C28H33N7O7. The number of anilines is 1. The van der Waals surface area contributed by atoms with Crippen LogP contribution in [0.2, 0.25) is 0 Å². The van der Waals surface area contributed by atoms with Gasteiger partial charge in [-0.05, 0) is 55.9 Å². The highest BCUT2D eigenvalue weighted by Crippen LogP contribution is 2.32. The van der Waals surface area contributed by atoms with Crippen LogP contribution < -0.4 is 20.5 Å². The van der Waals surface area contributed by atoms with Crippen molar-refractivity contribution in [3.8, 4) is 23.3 Å². The van der Waals surface area contributed by atoms with E-state index in [1.165, 1.54) is 10.9 Å². The summed E-state index contributed by atoms with van der Waals surface area (Å²) in [5.41, 5.74) is 6.64. The summed E-state index contributed by atoms with van der Waals surface area (Å²) in [5.74, 6) is 7.21. The Morgan fingerprint density at radius 3 is 2.55 bits per heavy atom. The largest absolute Gasteiger partial charge is 0.497 e. The first kappa shape index (κ1) is 29.1. The highest BCUT2D eigenvalue weighted by Gasteiger charge is 2.47. The van der Waals surface area contributed by atoms with Crippen molar-refractivity contribution >= 4 is 29.0 Å². The molecule has 5 N–H and O–H groups in total. The summed E-state index contributed by atoms with van der Waals surface area (Å²) in [4.78, 5) is 39.4. The fourth-order valence-corrected chi connectivity index (χ4v) is 4.96. The smallest absolute Gasteiger partial charge is 0.415 e. The van der Waals surface area contributed by atoms with E-state index in [4.69, 9.17) is 19.9 Å². The number of rotatable bonds is 6. The van der Waals surface area contributed by atoms with Gasteiger partial charge in [-0.3, -0.25) is 9.36 Å². The number of nitrogens with one attached hydrogen (secondary N) is 1. The lowest BCUT2D eigenvalue weighted by atomic mass is 9.94. The lowest BCUT2D eigenvalue weighted by Gasteiger charge is -2.30. The molecule has 14 heteroatoms. The zero-order valence-electron chi connectivity index (χ0n) is 23.3. The van der Waals surface area contributed by atoms with Crippen LogP contribution in [0, 0.1) is 17.8 Å². The quantitative estimate of drug-likeness (QED) is 0.303. The number of imidazole rings is 1. The number of nitrogens with two attached hydrogens (primary N) is 1. The number of fused-ring (bicyclic) bond motifs is 1. The van der Waals surface area contributed by atoms with Crippen LogP contribution in [0.1, 0.15) is 38.2 Å². The number of hydrogen-bond acceptors (Lipinski definition) is 11. The molecule has 2 aliphatic rings. The topological polar surface area (TPSA) is 187 Å². The number of aliphatic hydroxyl groups is 2. The minimum Gasteiger partial charge on any atom is -0.497 e. The fourth-order valence-electron chi connectivity index (χ4n) is 4.96. The molecule has 2 aliphatic heterocycles. The van der Waals surface area contributed by atoms with Crippen LogP contribution in [0.25, 0.3) is 11.2 Å². The molecule has 3 aromatic rings. The zero-order chi connectivity index (χ0) is 29.8. The first-order chi connectivity index (χ1) is 20.3. The normalized spacial score (nSPS) is 22.4. The van der Waals surface area contributed by atoms with E-state index in [1.54, 1.807) is 43.2 Å². The molecule has 2 aromatic heterocycles. The summed E-state index contributed by atoms with van der Waals surface area (Å²) in [6.07, 6.45) is -2.12. The van der Waals surface area contributed by atoms with Crippen molar-refractivity contribution in [2.45, 2.75) is 50.7 Å². The minimum absolute atomic E-state index is 0.0973. The van der Waals surface area contributed by atoms with E-state index in [0.717, 1.165) is 12.8 Å². The predicted octanol–water partition coefficient (Wildman–Crippen LogP) is 0.825. The van der Waals surface area contributed by atoms with Crippen molar-refractivity contribution in [1.82, 2.24) is 29.7 Å². The Hall–Kier alpha value is -4.45. The van der Waals surface area contributed by atoms with Crippen LogP contribution in [0.4, 0.5) is 10.6 Å². The van der Waals surface area contributed by atoms with Gasteiger partial charge in [-0.1, -0.05) is 5.92 Å². The van der Waals surface area contributed by atoms with Gasteiger partial charge in [0.25, 0.3) is 5.91 Å². The maximum absolute atomic E-state index is 12.5. The molecule has 2 fully saturated rings. The van der Waals surface area contributed by atoms with E-state index in [-0.39, 0.29) is 34.8 Å². The van der Waals surface area contributed by atoms with E-state index in [9.17, 15) is 19.8 Å². The second-order valence-corrected chi connectivity index (χ2v) is 10.1. The number of likely N-dealkylation sites (N-methyl/N-ethyl adjacent to an activating group) is 1. The second-order valence-electron chi connectivity index (χ2n) is 10.1. The Balaban J connectivity index is 1.20. The number of aliphatic hydroxyl groups excluding tert-OH is 2. The molecule has 5 rings (SSSR count). The number of piperidine rings is 1. The molecule has 0 spiro atoms. The average molecular weight is 580 g/mol. The van der Waals surface area contributed by atoms with E-state index < -0.39 is 30.4 Å². The molecule has 4 atom stereocenters. The van der Waals surface area contributed by atoms with Gasteiger partial charge in [0, 0.05) is 26.1 Å². The molecule has 2 amide bonds. The first-order valence-electron chi connectivity index (χ1n) is 13.7. The molecule has 222 valence electrons. The van der Waals surface area contributed by atoms with E-state index >= 15 is 0 Å². The number of ether oxygens (including phenoxy) is 3. The van der Waals surface area contributed by atoms with Gasteiger partial charge in [0.2, 0.25) is 5.82 Å². The van der Waals surface area contributed by atoms with Crippen molar-refractivity contribution in [1.29, 1.82) is 0 Å². The molecule has 42 heavy (non-hydrogen) atoms. The van der Waals surface area contributed by atoms with Gasteiger partial charge in [0.05, 0.1) is 13.4 Å². The first-order valence-corrected chi connectivity index (χ1v) is 13.7. The van der Waals surface area contributed by atoms with Crippen LogP contribution >= 0.6 is 0 Å². The molecule has 0 bridgehead atoms. The molecule has 0 radical (unpaired) electrons. The van der Waals surface area contributed by atoms with Crippen LogP contribution in [-0.4, -0.2) is 91.7 Å². The van der Waals surface area contributed by atoms with Gasteiger partial charge < -0.3 is 40.4 Å². The van der Waals surface area contributed by atoms with Crippen molar-refractivity contribution < 1.29 is 34.0 Å². The molecule has 4 heterocycles. The minimum atomic E-state index is -1.44. The number of methoxy groups -OCH3 is 1. The van der Waals surface area contributed by atoms with E-state index in [1.807, 2.05) is 0 Å². The van der Waals surface area contributed by atoms with Gasteiger partial charge in [-0.2, -0.15) is 0 Å². The van der Waals surface area contributed by atoms with Crippen molar-refractivity contribution in [3.63, 3.8) is 0 Å². The van der Waals surface area contributed by atoms with Crippen molar-refractivity contribution in [2.75, 3.05) is 32.5 Å². The van der Waals surface area contributed by atoms with Gasteiger partial charge in [-0.25, -0.2) is 19.7 Å². The molecule has 0 saturated carbocycles. The number of benzene rings is 1. The summed E-state index contributed by atoms with van der Waals surface area (Å²) >= 11 is 0. The predicted molar refractivity (Wildman–Crippen MR) is 149 cm³/mol. The van der Waals surface area contributed by atoms with Crippen molar-refractivity contribution in [3.05, 3.63) is 36.4 Å². The number of hydrogen-bond donors (Lipinski definition) is 4. The Morgan fingerprint density at radius 2 is 1.86 bits per heavy atom. The van der Waals surface area contributed by atoms with Crippen LogP contribution in [0.15, 0.2) is 30.6 Å². The van der Waals surface area contributed by atoms with Gasteiger partial charge in [0.1, 0.15) is 29.2 Å². The zero-order valence-corrected chi connectivity index (χ0v) is 23.3. The number of aromatic nitrogens is 4. The molecule has 2 saturated heterocycles. The summed E-state index contributed by atoms with van der Waals surface area (Å²) < 4.78 is 17.7. The van der Waals surface area contributed by atoms with E-state index in [2.05, 4.69) is 32.1 Å². The number of likely N-dealkylation sites (tertiary alicyclic amines) is 1. The van der Waals surface area contributed by atoms with E-state index in [0.29, 0.717) is 37.6 Å². The number of carbonyl (C=O) groups is 2. The Labute approximate surface area is 241 Å². The Morgan fingerprint density at radius 1 is 1.14 bits per heavy atom. The fraction of sp³-hybridized carbons (Fsp3) is 0.464. The SMILES string of the molecule is CCNC(=O)[C@H]1O[C@@H](n2cnc3c(N)nc(C#CCC4CCN(C(=O)Oc5ccc(OC)cc5)CC4)nc32)[C@@H](O)C1O. The number of amides is 2. The second kappa shape index (κ2) is 12.6. The maximum Gasteiger partial charge on any atom is 0.415 e. The number of nitrogens with zero attached hydrogens (tertiary/aromatic N) is 5. The third-order valence-corrected chi connectivity index (χ3v) is 7.30. The average Bonchev–Trinajstić information content (AvgIpc) is 3.54. The number of carbonyl (C=O) groups excluding carboxylic acids is 2. The summed E-state index contributed by atoms with van der Waals surface area (Å²) in [7, 11) is 1.57. The standard InChI is InChI=1S/C28H33N7O7/c1-3-30-26(38)23-21(36)22(37)27(42-23)35-15-31-20-24(29)32-19(33-25(20)35)6-4-5-16-11-13-34(14-12-16)28(39)41-18-9-7-17(40-2)8-10-18/h7-10,15-16,21-23,27,36-37H,3,5,11-14H2,1-2H3,(H,30,38)(H2,29,32,33)/t21?,22-,23-,27+/m0/s1.